The number of anilines is 1. The van der Waals surface area contributed by atoms with E-state index in [4.69, 9.17) is 0 Å². The highest BCUT2D eigenvalue weighted by Gasteiger charge is 2.36. The number of rotatable bonds is 4. The highest BCUT2D eigenvalue weighted by molar-refractivity contribution is 5.94. The van der Waals surface area contributed by atoms with Crippen LogP contribution in [0.1, 0.15) is 42.6 Å². The maximum absolute atomic E-state index is 12.8. The molecule has 0 saturated heterocycles. The standard InChI is InChI=1S/C18H23N5O4/c1-9-8-14(20-16(25)12-6-4-5-7-13(12)17(26)27)23(22-9)18-19-11(3)10(2)15(24)21-18/h8,12-13H,4-7H2,1-3H3,(H,20,25)(H,26,27)(H,19,21,24)/t12-,13+/m1/s1. The minimum atomic E-state index is -0.945. The van der Waals surface area contributed by atoms with Gasteiger partial charge in [-0.3, -0.25) is 19.4 Å². The second-order valence-electron chi connectivity index (χ2n) is 7.01. The second-order valence-corrected chi connectivity index (χ2v) is 7.01. The van der Waals surface area contributed by atoms with Crippen molar-refractivity contribution in [3.63, 3.8) is 0 Å². The molecule has 3 N–H and O–H groups in total. The van der Waals surface area contributed by atoms with Crippen molar-refractivity contribution in [3.05, 3.63) is 33.4 Å². The number of amides is 1. The van der Waals surface area contributed by atoms with E-state index < -0.39 is 17.8 Å². The van der Waals surface area contributed by atoms with Gasteiger partial charge in [-0.25, -0.2) is 4.98 Å². The van der Waals surface area contributed by atoms with Crippen LogP contribution in [-0.4, -0.2) is 36.7 Å². The van der Waals surface area contributed by atoms with Crippen LogP contribution < -0.4 is 10.9 Å². The number of aromatic nitrogens is 4. The number of nitrogens with one attached hydrogen (secondary N) is 2. The van der Waals surface area contributed by atoms with Crippen LogP contribution in [0, 0.1) is 32.6 Å². The zero-order valence-corrected chi connectivity index (χ0v) is 15.6. The molecule has 0 spiro atoms. The third kappa shape index (κ3) is 3.76. The van der Waals surface area contributed by atoms with Gasteiger partial charge in [0.2, 0.25) is 11.9 Å². The molecule has 2 heterocycles. The Morgan fingerprint density at radius 3 is 2.52 bits per heavy atom. The van der Waals surface area contributed by atoms with Crippen molar-refractivity contribution in [2.45, 2.75) is 46.5 Å². The number of hydrogen-bond acceptors (Lipinski definition) is 5. The molecule has 1 fully saturated rings. The van der Waals surface area contributed by atoms with Crippen molar-refractivity contribution in [1.29, 1.82) is 0 Å². The molecule has 1 saturated carbocycles. The van der Waals surface area contributed by atoms with Crippen molar-refractivity contribution in [1.82, 2.24) is 19.7 Å². The normalized spacial score (nSPS) is 19.7. The van der Waals surface area contributed by atoms with Gasteiger partial charge in [-0.05, 0) is 33.6 Å². The van der Waals surface area contributed by atoms with Crippen LogP contribution in [0.2, 0.25) is 0 Å². The van der Waals surface area contributed by atoms with Crippen LogP contribution in [0.25, 0.3) is 5.95 Å². The Morgan fingerprint density at radius 1 is 1.22 bits per heavy atom. The number of carboxylic acids is 1. The van der Waals surface area contributed by atoms with E-state index in [9.17, 15) is 19.5 Å². The van der Waals surface area contributed by atoms with E-state index in [0.717, 1.165) is 12.8 Å². The van der Waals surface area contributed by atoms with Crippen molar-refractivity contribution in [2.24, 2.45) is 11.8 Å². The maximum Gasteiger partial charge on any atom is 0.307 e. The van der Waals surface area contributed by atoms with Gasteiger partial charge in [0.1, 0.15) is 5.82 Å². The minimum Gasteiger partial charge on any atom is -0.481 e. The predicted molar refractivity (Wildman–Crippen MR) is 97.9 cm³/mol. The van der Waals surface area contributed by atoms with Gasteiger partial charge in [-0.1, -0.05) is 12.8 Å². The molecule has 0 unspecified atom stereocenters. The molecule has 1 aliphatic rings. The molecule has 2 aromatic heterocycles. The Balaban J connectivity index is 1.91. The van der Waals surface area contributed by atoms with Crippen LogP contribution in [0.5, 0.6) is 0 Å². The lowest BCUT2D eigenvalue weighted by atomic mass is 9.79. The van der Waals surface area contributed by atoms with E-state index in [1.165, 1.54) is 4.68 Å². The van der Waals surface area contributed by atoms with E-state index in [1.54, 1.807) is 26.8 Å². The van der Waals surface area contributed by atoms with E-state index in [-0.39, 0.29) is 17.4 Å². The second kappa shape index (κ2) is 7.34. The molecule has 2 atom stereocenters. The lowest BCUT2D eigenvalue weighted by Gasteiger charge is -2.27. The van der Waals surface area contributed by atoms with Crippen molar-refractivity contribution < 1.29 is 14.7 Å². The Kier molecular flexibility index (Phi) is 5.11. The summed E-state index contributed by atoms with van der Waals surface area (Å²) in [6, 6.07) is 1.66. The highest BCUT2D eigenvalue weighted by Crippen LogP contribution is 2.31. The zero-order chi connectivity index (χ0) is 19.7. The van der Waals surface area contributed by atoms with Gasteiger partial charge in [-0.2, -0.15) is 9.78 Å². The lowest BCUT2D eigenvalue weighted by molar-refractivity contribution is -0.147. The highest BCUT2D eigenvalue weighted by atomic mass is 16.4. The van der Waals surface area contributed by atoms with Crippen LogP contribution in [0.3, 0.4) is 0 Å². The van der Waals surface area contributed by atoms with E-state index in [2.05, 4.69) is 20.4 Å². The summed E-state index contributed by atoms with van der Waals surface area (Å²) >= 11 is 0. The monoisotopic (exact) mass is 373 g/mol. The van der Waals surface area contributed by atoms with Gasteiger partial charge in [0, 0.05) is 17.3 Å². The Bertz CT molecular complexity index is 946. The molecular weight excluding hydrogens is 350 g/mol. The summed E-state index contributed by atoms with van der Waals surface area (Å²) in [6.07, 6.45) is 2.67. The first kappa shape index (κ1) is 18.8. The Morgan fingerprint density at radius 2 is 1.89 bits per heavy atom. The first-order valence-electron chi connectivity index (χ1n) is 8.96. The Labute approximate surface area is 155 Å². The van der Waals surface area contributed by atoms with Crippen molar-refractivity contribution in [2.75, 3.05) is 5.32 Å². The SMILES string of the molecule is Cc1cc(NC(=O)[C@@H]2CCCC[C@@H]2C(=O)O)n(-c2nc(C)c(C)c(=O)[nH]2)n1. The maximum atomic E-state index is 12.8. The molecule has 0 aromatic carbocycles. The summed E-state index contributed by atoms with van der Waals surface area (Å²) in [5.41, 5.74) is 1.43. The largest absolute Gasteiger partial charge is 0.481 e. The number of aliphatic carboxylic acids is 1. The number of nitrogens with zero attached hydrogens (tertiary/aromatic N) is 3. The van der Waals surface area contributed by atoms with Gasteiger partial charge in [0.15, 0.2) is 0 Å². The molecule has 1 amide bonds. The van der Waals surface area contributed by atoms with Gasteiger partial charge in [-0.15, -0.1) is 0 Å². The topological polar surface area (TPSA) is 130 Å². The number of carboxylic acid groups (broad SMARTS) is 1. The fourth-order valence-electron chi connectivity index (χ4n) is 3.44. The first-order valence-corrected chi connectivity index (χ1v) is 8.96. The number of aromatic amines is 1. The molecule has 1 aliphatic carbocycles. The average Bonchev–Trinajstić information content (AvgIpc) is 2.99. The Hall–Kier alpha value is -2.97. The molecule has 0 bridgehead atoms. The third-order valence-electron chi connectivity index (χ3n) is 5.09. The molecule has 3 rings (SSSR count). The van der Waals surface area contributed by atoms with Gasteiger partial charge in [0.25, 0.3) is 5.56 Å². The first-order chi connectivity index (χ1) is 12.8. The van der Waals surface area contributed by atoms with Crippen molar-refractivity contribution >= 4 is 17.7 Å². The number of carbonyl (C=O) groups excluding carboxylic acids is 1. The summed E-state index contributed by atoms with van der Waals surface area (Å²) in [4.78, 5) is 43.3. The average molecular weight is 373 g/mol. The van der Waals surface area contributed by atoms with E-state index in [1.807, 2.05) is 0 Å². The number of hydrogen-bond donors (Lipinski definition) is 3. The zero-order valence-electron chi connectivity index (χ0n) is 15.6. The minimum absolute atomic E-state index is 0.199. The van der Waals surface area contributed by atoms with Crippen LogP contribution in [0.15, 0.2) is 10.9 Å². The van der Waals surface area contributed by atoms with Crippen LogP contribution >= 0.6 is 0 Å². The van der Waals surface area contributed by atoms with Gasteiger partial charge >= 0.3 is 5.97 Å². The molecule has 0 radical (unpaired) electrons. The summed E-state index contributed by atoms with van der Waals surface area (Å²) in [6.45, 7) is 5.16. The molecule has 2 aromatic rings. The molecule has 27 heavy (non-hydrogen) atoms. The quantitative estimate of drug-likeness (QED) is 0.748. The van der Waals surface area contributed by atoms with Crippen LogP contribution in [-0.2, 0) is 9.59 Å². The van der Waals surface area contributed by atoms with Crippen molar-refractivity contribution in [3.8, 4) is 5.95 Å². The van der Waals surface area contributed by atoms with Crippen LogP contribution in [0.4, 0.5) is 5.82 Å². The van der Waals surface area contributed by atoms with Gasteiger partial charge < -0.3 is 10.4 Å². The fraction of sp³-hybridized carbons (Fsp3) is 0.500. The molecule has 9 heteroatoms. The predicted octanol–water partition coefficient (Wildman–Crippen LogP) is 1.71. The summed E-state index contributed by atoms with van der Waals surface area (Å²) < 4.78 is 1.36. The molecule has 9 nitrogen and oxygen atoms in total. The number of aryl methyl sites for hydroxylation is 2. The summed E-state index contributed by atoms with van der Waals surface area (Å²) in [7, 11) is 0. The van der Waals surface area contributed by atoms with Gasteiger partial charge in [0.05, 0.1) is 17.5 Å². The third-order valence-corrected chi connectivity index (χ3v) is 5.09. The lowest BCUT2D eigenvalue weighted by Crippen LogP contribution is -2.36. The summed E-state index contributed by atoms with van der Waals surface area (Å²) in [5.74, 6) is -2.03. The molecule has 0 aliphatic heterocycles. The fourth-order valence-corrected chi connectivity index (χ4v) is 3.44. The smallest absolute Gasteiger partial charge is 0.307 e. The number of H-pyrrole nitrogens is 1. The number of carbonyl (C=O) groups is 2. The molecular formula is C18H23N5O4. The summed E-state index contributed by atoms with van der Waals surface area (Å²) in [5, 5.41) is 16.5. The molecule has 144 valence electrons. The van der Waals surface area contributed by atoms with E-state index in [0.29, 0.717) is 35.6 Å². The van der Waals surface area contributed by atoms with E-state index >= 15 is 0 Å².